The molecule has 5 aliphatic rings. The zero-order valence-electron chi connectivity index (χ0n) is 36.4. The second-order valence-corrected chi connectivity index (χ2v) is 20.3. The Morgan fingerprint density at radius 3 is 1.84 bits per heavy atom. The van der Waals surface area contributed by atoms with Gasteiger partial charge in [0, 0.05) is 0 Å². The molecule has 4 saturated carbocycles. The zero-order chi connectivity index (χ0) is 40.1. The maximum absolute atomic E-state index is 7.15. The van der Waals surface area contributed by atoms with Gasteiger partial charge in [-0.25, -0.2) is 0 Å². The van der Waals surface area contributed by atoms with E-state index < -0.39 is 12.4 Å². The molecule has 1 saturated heterocycles. The lowest BCUT2D eigenvalue weighted by Crippen LogP contribution is -2.58. The smallest absolute Gasteiger partial charge is 0.186 e. The zero-order valence-corrected chi connectivity index (χ0v) is 36.4. The van der Waals surface area contributed by atoms with Gasteiger partial charge in [0.05, 0.1) is 32.5 Å². The molecule has 1 heterocycles. The summed E-state index contributed by atoms with van der Waals surface area (Å²) in [6, 6.07) is 31.2. The maximum atomic E-state index is 7.15. The molecule has 0 unspecified atom stereocenters. The van der Waals surface area contributed by atoms with Crippen LogP contribution in [0.2, 0.25) is 0 Å². The number of ether oxygens (including phenoxy) is 5. The molecule has 0 bridgehead atoms. The molecule has 58 heavy (non-hydrogen) atoms. The maximum Gasteiger partial charge on any atom is 0.186 e. The van der Waals surface area contributed by atoms with Crippen LogP contribution >= 0.6 is 0 Å². The second-order valence-electron chi connectivity index (χ2n) is 20.3. The molecule has 3 aromatic rings. The van der Waals surface area contributed by atoms with Crippen molar-refractivity contribution in [3.63, 3.8) is 0 Å². The van der Waals surface area contributed by atoms with Crippen LogP contribution in [0.25, 0.3) is 0 Å². The normalized spacial score (nSPS) is 36.5. The SMILES string of the molecule is CC(C)CCC[C@@H](C)[C@H]1CC[C@H]2[C@@H]3CC[C@H]4C[C@@H](O[C@@H]5OC[C@@H](OCc6ccccc6)[C@H](OCc6ccccc6)[C@H]5OCc5ccccc5)CC[C@]4(C)[C@H]3CC[C@]12C. The van der Waals surface area contributed by atoms with Gasteiger partial charge in [-0.05, 0) is 127 Å². The van der Waals surface area contributed by atoms with Gasteiger partial charge in [0.1, 0.15) is 18.3 Å². The minimum Gasteiger partial charge on any atom is -0.368 e. The lowest BCUT2D eigenvalue weighted by molar-refractivity contribution is -0.314. The topological polar surface area (TPSA) is 46.2 Å². The monoisotopic (exact) mass is 791 g/mol. The van der Waals surface area contributed by atoms with E-state index in [1.165, 1.54) is 64.2 Å². The van der Waals surface area contributed by atoms with E-state index in [-0.39, 0.29) is 18.3 Å². The lowest BCUT2D eigenvalue weighted by atomic mass is 9.44. The summed E-state index contributed by atoms with van der Waals surface area (Å²) in [6.07, 6.45) is 14.7. The van der Waals surface area contributed by atoms with Gasteiger partial charge in [-0.15, -0.1) is 0 Å². The van der Waals surface area contributed by atoms with Crippen LogP contribution in [0.5, 0.6) is 0 Å². The van der Waals surface area contributed by atoms with E-state index in [9.17, 15) is 0 Å². The summed E-state index contributed by atoms with van der Waals surface area (Å²) in [5.41, 5.74) is 4.32. The highest BCUT2D eigenvalue weighted by Gasteiger charge is 2.61. The Morgan fingerprint density at radius 2 is 1.21 bits per heavy atom. The Balaban J connectivity index is 0.952. The molecule has 0 radical (unpaired) electrons. The summed E-state index contributed by atoms with van der Waals surface area (Å²) < 4.78 is 34.1. The molecule has 8 rings (SSSR count). The third-order valence-corrected chi connectivity index (χ3v) is 16.4. The van der Waals surface area contributed by atoms with E-state index in [1.807, 2.05) is 12.1 Å². The van der Waals surface area contributed by atoms with Crippen molar-refractivity contribution in [3.8, 4) is 0 Å². The number of fused-ring (bicyclic) bond motifs is 5. The first kappa shape index (κ1) is 42.2. The number of benzene rings is 3. The fourth-order valence-electron chi connectivity index (χ4n) is 13.2. The van der Waals surface area contributed by atoms with E-state index >= 15 is 0 Å². The molecule has 4 aliphatic carbocycles. The Hall–Kier alpha value is -2.54. The fourth-order valence-corrected chi connectivity index (χ4v) is 13.2. The van der Waals surface area contributed by atoms with Crippen LogP contribution in [0.1, 0.15) is 128 Å². The third-order valence-electron chi connectivity index (χ3n) is 16.4. The summed E-state index contributed by atoms with van der Waals surface area (Å²) in [4.78, 5) is 0. The van der Waals surface area contributed by atoms with Gasteiger partial charge in [-0.1, -0.05) is 145 Å². The molecule has 0 amide bonds. The Morgan fingerprint density at radius 1 is 0.621 bits per heavy atom. The molecule has 0 N–H and O–H groups in total. The van der Waals surface area contributed by atoms with Crippen molar-refractivity contribution in [2.45, 2.75) is 162 Å². The predicted octanol–water partition coefficient (Wildman–Crippen LogP) is 12.6. The average molecular weight is 791 g/mol. The van der Waals surface area contributed by atoms with E-state index in [0.717, 1.165) is 65.0 Å². The van der Waals surface area contributed by atoms with Crippen molar-refractivity contribution in [1.82, 2.24) is 0 Å². The Kier molecular flexibility index (Phi) is 13.8. The van der Waals surface area contributed by atoms with Gasteiger partial charge >= 0.3 is 0 Å². The summed E-state index contributed by atoms with van der Waals surface area (Å²) in [6.45, 7) is 14.6. The van der Waals surface area contributed by atoms with E-state index in [1.54, 1.807) is 0 Å². The minimum absolute atomic E-state index is 0.149. The first-order valence-corrected chi connectivity index (χ1v) is 23.4. The molecule has 316 valence electrons. The highest BCUT2D eigenvalue weighted by atomic mass is 16.7. The van der Waals surface area contributed by atoms with Crippen LogP contribution in [-0.2, 0) is 43.5 Å². The molecular weight excluding hydrogens is 717 g/mol. The number of hydrogen-bond donors (Lipinski definition) is 0. The molecule has 3 aromatic carbocycles. The lowest BCUT2D eigenvalue weighted by Gasteiger charge is -2.61. The number of hydrogen-bond acceptors (Lipinski definition) is 5. The van der Waals surface area contributed by atoms with Crippen LogP contribution < -0.4 is 0 Å². The minimum atomic E-state index is -0.528. The summed E-state index contributed by atoms with van der Waals surface area (Å²) in [5, 5.41) is 0. The summed E-state index contributed by atoms with van der Waals surface area (Å²) >= 11 is 0. The van der Waals surface area contributed by atoms with Crippen LogP contribution in [0, 0.1) is 52.3 Å². The van der Waals surface area contributed by atoms with Crippen LogP contribution in [0.15, 0.2) is 91.0 Å². The Labute approximate surface area is 351 Å². The summed E-state index contributed by atoms with van der Waals surface area (Å²) in [5.74, 6) is 5.97. The van der Waals surface area contributed by atoms with Crippen molar-refractivity contribution in [1.29, 1.82) is 0 Å². The second kappa shape index (κ2) is 19.0. The quantitative estimate of drug-likeness (QED) is 0.135. The van der Waals surface area contributed by atoms with Crippen molar-refractivity contribution in [2.24, 2.45) is 52.3 Å². The standard InChI is InChI=1S/C53H74O5/c1-37(2)16-15-17-38(3)45-26-27-46-44-25-24-42-32-43(28-30-52(42,4)47(44)29-31-53(45,46)5)58-51-50(56-35-41-22-13-8-14-23-41)49(55-34-40-20-11-7-12-21-40)48(36-57-51)54-33-39-18-9-6-10-19-39/h6-14,18-23,37-38,42-51H,15-17,24-36H2,1-5H3/t38-,42+,43+,44+,45-,46+,47+,48-,49+,50-,51+,52+,53-/m1/s1. The van der Waals surface area contributed by atoms with Crippen LogP contribution in [0.4, 0.5) is 0 Å². The molecule has 5 heteroatoms. The molecule has 5 nitrogen and oxygen atoms in total. The fraction of sp³-hybridized carbons (Fsp3) is 0.660. The van der Waals surface area contributed by atoms with Crippen LogP contribution in [0.3, 0.4) is 0 Å². The van der Waals surface area contributed by atoms with Crippen molar-refractivity contribution in [2.75, 3.05) is 6.61 Å². The van der Waals surface area contributed by atoms with Gasteiger partial charge < -0.3 is 23.7 Å². The molecule has 5 fully saturated rings. The van der Waals surface area contributed by atoms with E-state index in [2.05, 4.69) is 113 Å². The van der Waals surface area contributed by atoms with Gasteiger partial charge in [-0.3, -0.25) is 0 Å². The highest BCUT2D eigenvalue weighted by molar-refractivity contribution is 5.16. The van der Waals surface area contributed by atoms with Gasteiger partial charge in [-0.2, -0.15) is 0 Å². The molecule has 0 aromatic heterocycles. The molecule has 1 aliphatic heterocycles. The molecule has 0 spiro atoms. The highest BCUT2D eigenvalue weighted by Crippen LogP contribution is 2.68. The van der Waals surface area contributed by atoms with Gasteiger partial charge in [0.15, 0.2) is 6.29 Å². The first-order valence-electron chi connectivity index (χ1n) is 23.4. The van der Waals surface area contributed by atoms with Crippen molar-refractivity contribution >= 4 is 0 Å². The molecule has 13 atom stereocenters. The van der Waals surface area contributed by atoms with Gasteiger partial charge in [0.25, 0.3) is 0 Å². The third kappa shape index (κ3) is 9.35. The first-order chi connectivity index (χ1) is 28.2. The Bertz CT molecular complexity index is 1680. The van der Waals surface area contributed by atoms with E-state index in [4.69, 9.17) is 23.7 Å². The largest absolute Gasteiger partial charge is 0.368 e. The average Bonchev–Trinajstić information content (AvgIpc) is 3.60. The van der Waals surface area contributed by atoms with Crippen LogP contribution in [-0.4, -0.2) is 37.3 Å². The predicted molar refractivity (Wildman–Crippen MR) is 233 cm³/mol. The molecular formula is C53H74O5. The van der Waals surface area contributed by atoms with E-state index in [0.29, 0.717) is 43.2 Å². The van der Waals surface area contributed by atoms with Gasteiger partial charge in [0.2, 0.25) is 0 Å². The number of rotatable bonds is 16. The summed E-state index contributed by atoms with van der Waals surface area (Å²) in [7, 11) is 0. The van der Waals surface area contributed by atoms with Crippen molar-refractivity contribution < 1.29 is 23.7 Å². The van der Waals surface area contributed by atoms with Crippen molar-refractivity contribution in [3.05, 3.63) is 108 Å².